The molecule has 2 N–H and O–H groups in total. The Morgan fingerprint density at radius 1 is 1.22 bits per heavy atom. The molecule has 1 aromatic carbocycles. The SMILES string of the molecule is O=C(NO)c1c(F)cccc1S(=O)(=O)N1CCC(Oc2ccncc2)CC1. The maximum atomic E-state index is 14.0. The second-order valence-corrected chi connectivity index (χ2v) is 7.86. The maximum Gasteiger partial charge on any atom is 0.279 e. The van der Waals surface area contributed by atoms with Crippen molar-refractivity contribution >= 4 is 15.9 Å². The first kappa shape index (κ1) is 19.2. The normalized spacial score (nSPS) is 16.1. The molecule has 2 aromatic rings. The molecule has 0 spiro atoms. The molecule has 1 aromatic heterocycles. The molecule has 144 valence electrons. The van der Waals surface area contributed by atoms with Gasteiger partial charge >= 0.3 is 0 Å². The molecule has 0 atom stereocenters. The summed E-state index contributed by atoms with van der Waals surface area (Å²) in [7, 11) is -4.11. The minimum absolute atomic E-state index is 0.161. The van der Waals surface area contributed by atoms with Gasteiger partial charge in [0.05, 0.1) is 10.5 Å². The summed E-state index contributed by atoms with van der Waals surface area (Å²) >= 11 is 0. The number of aromatic nitrogens is 1. The first-order chi connectivity index (χ1) is 12.9. The van der Waals surface area contributed by atoms with E-state index in [1.807, 2.05) is 0 Å². The number of nitrogens with one attached hydrogen (secondary N) is 1. The monoisotopic (exact) mass is 395 g/mol. The quantitative estimate of drug-likeness (QED) is 0.588. The first-order valence-corrected chi connectivity index (χ1v) is 9.67. The van der Waals surface area contributed by atoms with Crippen LogP contribution in [0.1, 0.15) is 23.2 Å². The number of ether oxygens (including phenoxy) is 1. The summed E-state index contributed by atoms with van der Waals surface area (Å²) in [6, 6.07) is 6.74. The topological polar surface area (TPSA) is 109 Å². The van der Waals surface area contributed by atoms with Crippen LogP contribution in [0.15, 0.2) is 47.6 Å². The van der Waals surface area contributed by atoms with Gasteiger partial charge in [-0.25, -0.2) is 18.3 Å². The molecular formula is C17H18FN3O5S. The molecule has 1 amide bonds. The zero-order valence-corrected chi connectivity index (χ0v) is 15.0. The first-order valence-electron chi connectivity index (χ1n) is 8.23. The van der Waals surface area contributed by atoms with Crippen molar-refractivity contribution in [3.63, 3.8) is 0 Å². The third kappa shape index (κ3) is 4.07. The van der Waals surface area contributed by atoms with Crippen molar-refractivity contribution in [1.82, 2.24) is 14.8 Å². The summed E-state index contributed by atoms with van der Waals surface area (Å²) in [5, 5.41) is 8.79. The summed E-state index contributed by atoms with van der Waals surface area (Å²) in [5.41, 5.74) is 0.572. The van der Waals surface area contributed by atoms with E-state index in [2.05, 4.69) is 4.98 Å². The minimum atomic E-state index is -4.11. The van der Waals surface area contributed by atoms with Gasteiger partial charge in [-0.15, -0.1) is 0 Å². The van der Waals surface area contributed by atoms with E-state index in [1.165, 1.54) is 15.9 Å². The van der Waals surface area contributed by atoms with Crippen molar-refractivity contribution in [1.29, 1.82) is 0 Å². The largest absolute Gasteiger partial charge is 0.490 e. The average Bonchev–Trinajstić information content (AvgIpc) is 2.68. The molecule has 0 aliphatic carbocycles. The number of carbonyl (C=O) groups excluding carboxylic acids is 1. The minimum Gasteiger partial charge on any atom is -0.490 e. The predicted molar refractivity (Wildman–Crippen MR) is 92.3 cm³/mol. The van der Waals surface area contributed by atoms with Gasteiger partial charge < -0.3 is 4.74 Å². The van der Waals surface area contributed by atoms with Gasteiger partial charge in [0.2, 0.25) is 10.0 Å². The van der Waals surface area contributed by atoms with Crippen LogP contribution in [0, 0.1) is 5.82 Å². The highest BCUT2D eigenvalue weighted by atomic mass is 32.2. The van der Waals surface area contributed by atoms with Crippen molar-refractivity contribution in [2.45, 2.75) is 23.8 Å². The Morgan fingerprint density at radius 2 is 1.89 bits per heavy atom. The molecule has 27 heavy (non-hydrogen) atoms. The second kappa shape index (κ2) is 7.99. The zero-order chi connectivity index (χ0) is 19.4. The molecule has 8 nitrogen and oxygen atoms in total. The van der Waals surface area contributed by atoms with Gasteiger partial charge in [-0.05, 0) is 37.1 Å². The lowest BCUT2D eigenvalue weighted by Gasteiger charge is -2.31. The number of nitrogens with zero attached hydrogens (tertiary/aromatic N) is 2. The highest BCUT2D eigenvalue weighted by molar-refractivity contribution is 7.89. The fourth-order valence-electron chi connectivity index (χ4n) is 2.93. The number of rotatable bonds is 5. The lowest BCUT2D eigenvalue weighted by atomic mass is 10.1. The Bertz CT molecular complexity index is 915. The fourth-order valence-corrected chi connectivity index (χ4v) is 4.60. The van der Waals surface area contributed by atoms with Gasteiger partial charge in [-0.1, -0.05) is 6.07 Å². The number of hydrogen-bond donors (Lipinski definition) is 2. The van der Waals surface area contributed by atoms with Crippen molar-refractivity contribution in [3.8, 4) is 5.75 Å². The molecule has 2 heterocycles. The summed E-state index contributed by atoms with van der Waals surface area (Å²) in [6.45, 7) is 0.323. The van der Waals surface area contributed by atoms with Crippen LogP contribution in [0.2, 0.25) is 0 Å². The van der Waals surface area contributed by atoms with Crippen LogP contribution >= 0.6 is 0 Å². The molecular weight excluding hydrogens is 377 g/mol. The molecule has 0 unspecified atom stereocenters. The number of piperidine rings is 1. The number of sulfonamides is 1. The van der Waals surface area contributed by atoms with Crippen LogP contribution in [0.4, 0.5) is 4.39 Å². The van der Waals surface area contributed by atoms with Crippen LogP contribution in [-0.4, -0.2) is 48.0 Å². The van der Waals surface area contributed by atoms with E-state index in [9.17, 15) is 17.6 Å². The van der Waals surface area contributed by atoms with Gasteiger partial charge in [0.15, 0.2) is 0 Å². The highest BCUT2D eigenvalue weighted by Crippen LogP contribution is 2.26. The second-order valence-electron chi connectivity index (χ2n) is 5.96. The Labute approximate surface area is 155 Å². The van der Waals surface area contributed by atoms with E-state index in [0.717, 1.165) is 12.1 Å². The maximum absolute atomic E-state index is 14.0. The van der Waals surface area contributed by atoms with Crippen LogP contribution < -0.4 is 10.2 Å². The van der Waals surface area contributed by atoms with Gasteiger partial charge in [0.25, 0.3) is 5.91 Å². The van der Waals surface area contributed by atoms with Gasteiger partial charge in [-0.2, -0.15) is 4.31 Å². The summed E-state index contributed by atoms with van der Waals surface area (Å²) in [4.78, 5) is 15.2. The Hall–Kier alpha value is -2.56. The number of benzene rings is 1. The molecule has 0 radical (unpaired) electrons. The van der Waals surface area contributed by atoms with Crippen LogP contribution in [0.25, 0.3) is 0 Å². The standard InChI is InChI=1S/C17H18FN3O5S/c18-14-2-1-3-15(16(14)17(22)20-23)27(24,25)21-10-6-13(7-11-21)26-12-4-8-19-9-5-12/h1-5,8-9,13,23H,6-7,10-11H2,(H,20,22). The van der Waals surface area contributed by atoms with Crippen molar-refractivity contribution in [2.75, 3.05) is 13.1 Å². The number of hydrogen-bond acceptors (Lipinski definition) is 6. The zero-order valence-electron chi connectivity index (χ0n) is 14.2. The molecule has 1 saturated heterocycles. The van der Waals surface area contributed by atoms with Crippen molar-refractivity contribution in [2.24, 2.45) is 0 Å². The smallest absolute Gasteiger partial charge is 0.279 e. The Kier molecular flexibility index (Phi) is 5.68. The molecule has 0 bridgehead atoms. The van der Waals surface area contributed by atoms with Crippen LogP contribution in [0.3, 0.4) is 0 Å². The molecule has 3 rings (SSSR count). The highest BCUT2D eigenvalue weighted by Gasteiger charge is 2.34. The van der Waals surface area contributed by atoms with Crippen molar-refractivity contribution < 1.29 is 27.5 Å². The summed E-state index contributed by atoms with van der Waals surface area (Å²) in [5.74, 6) is -1.60. The third-order valence-corrected chi connectivity index (χ3v) is 6.22. The van der Waals surface area contributed by atoms with Gasteiger partial charge in [0, 0.05) is 25.5 Å². The molecule has 1 aliphatic heterocycles. The Morgan fingerprint density at radius 3 is 2.52 bits per heavy atom. The van der Waals surface area contributed by atoms with Crippen molar-refractivity contribution in [3.05, 3.63) is 54.1 Å². The van der Waals surface area contributed by atoms with Crippen LogP contribution in [-0.2, 0) is 10.0 Å². The third-order valence-electron chi connectivity index (χ3n) is 4.28. The van der Waals surface area contributed by atoms with E-state index in [4.69, 9.17) is 9.94 Å². The fraction of sp³-hybridized carbons (Fsp3) is 0.294. The van der Waals surface area contributed by atoms with Crippen LogP contribution in [0.5, 0.6) is 5.75 Å². The molecule has 1 aliphatic rings. The molecule has 10 heteroatoms. The summed E-state index contributed by atoms with van der Waals surface area (Å²) < 4.78 is 46.8. The lowest BCUT2D eigenvalue weighted by molar-refractivity contribution is 0.0697. The van der Waals surface area contributed by atoms with E-state index >= 15 is 0 Å². The van der Waals surface area contributed by atoms with Gasteiger partial charge in [-0.3, -0.25) is 15.0 Å². The number of carbonyl (C=O) groups is 1. The number of pyridine rings is 1. The predicted octanol–water partition coefficient (Wildman–Crippen LogP) is 1.57. The number of halogens is 1. The van der Waals surface area contributed by atoms with E-state index < -0.39 is 32.2 Å². The summed E-state index contributed by atoms with van der Waals surface area (Å²) in [6.07, 6.45) is 3.93. The van der Waals surface area contributed by atoms with Gasteiger partial charge in [0.1, 0.15) is 17.7 Å². The number of amides is 1. The van der Waals surface area contributed by atoms with E-state index in [1.54, 1.807) is 24.5 Å². The van der Waals surface area contributed by atoms with E-state index in [0.29, 0.717) is 18.6 Å². The Balaban J connectivity index is 1.76. The van der Waals surface area contributed by atoms with E-state index in [-0.39, 0.29) is 19.2 Å². The number of hydroxylamine groups is 1. The molecule has 0 saturated carbocycles. The molecule has 1 fully saturated rings. The lowest BCUT2D eigenvalue weighted by Crippen LogP contribution is -2.42. The average molecular weight is 395 g/mol.